The number of fused-ring (bicyclic) bond motifs is 1. The quantitative estimate of drug-likeness (QED) is 0.827. The molecule has 2 nitrogen and oxygen atoms in total. The lowest BCUT2D eigenvalue weighted by molar-refractivity contribution is 0.107. The summed E-state index contributed by atoms with van der Waals surface area (Å²) in [5.74, 6) is 1.60. The Hall–Kier alpha value is -1.18. The number of rotatable bonds is 2. The molecule has 2 rings (SSSR count). The summed E-state index contributed by atoms with van der Waals surface area (Å²) >= 11 is 0. The molecule has 1 aliphatic rings. The van der Waals surface area contributed by atoms with Crippen molar-refractivity contribution in [2.75, 3.05) is 11.9 Å². The summed E-state index contributed by atoms with van der Waals surface area (Å²) in [7, 11) is 0. The van der Waals surface area contributed by atoms with Gasteiger partial charge in [-0.2, -0.15) is 0 Å². The maximum absolute atomic E-state index is 6.24. The molecule has 0 aliphatic carbocycles. The lowest BCUT2D eigenvalue weighted by Gasteiger charge is -2.26. The number of anilines is 1. The van der Waals surface area contributed by atoms with E-state index in [9.17, 15) is 0 Å². The molecule has 0 fully saturated rings. The highest BCUT2D eigenvalue weighted by Gasteiger charge is 2.26. The van der Waals surface area contributed by atoms with E-state index in [4.69, 9.17) is 4.74 Å². The fraction of sp³-hybridized carbons (Fsp3) is 0.600. The standard InChI is InChI=1S/C15H23NO/c1-5-11(2)12-7-6-8-13-14(12)17-15(3,4)9-10-16-13/h6-8,11,16H,5,9-10H2,1-4H3. The second-order valence-electron chi connectivity index (χ2n) is 5.57. The van der Waals surface area contributed by atoms with Crippen LogP contribution in [0, 0.1) is 0 Å². The lowest BCUT2D eigenvalue weighted by Crippen LogP contribution is -2.28. The molecule has 94 valence electrons. The van der Waals surface area contributed by atoms with Gasteiger partial charge in [0.1, 0.15) is 11.4 Å². The molecule has 0 saturated carbocycles. The first kappa shape index (κ1) is 12.3. The molecule has 1 N–H and O–H groups in total. The summed E-state index contributed by atoms with van der Waals surface area (Å²) in [6, 6.07) is 6.42. The first-order valence-electron chi connectivity index (χ1n) is 6.59. The first-order valence-corrected chi connectivity index (χ1v) is 6.59. The van der Waals surface area contributed by atoms with Crippen molar-refractivity contribution in [3.8, 4) is 5.75 Å². The molecule has 0 bridgehead atoms. The van der Waals surface area contributed by atoms with Gasteiger partial charge in [0.2, 0.25) is 0 Å². The Morgan fingerprint density at radius 3 is 2.88 bits per heavy atom. The number of para-hydroxylation sites is 1. The second kappa shape index (κ2) is 4.59. The lowest BCUT2D eigenvalue weighted by atomic mass is 9.96. The maximum Gasteiger partial charge on any atom is 0.146 e. The monoisotopic (exact) mass is 233 g/mol. The predicted octanol–water partition coefficient (Wildman–Crippen LogP) is 4.17. The van der Waals surface area contributed by atoms with Crippen molar-refractivity contribution in [2.24, 2.45) is 0 Å². The average Bonchev–Trinajstić information content (AvgIpc) is 2.44. The van der Waals surface area contributed by atoms with E-state index in [0.717, 1.165) is 30.8 Å². The van der Waals surface area contributed by atoms with Crippen molar-refractivity contribution in [1.29, 1.82) is 0 Å². The van der Waals surface area contributed by atoms with E-state index in [0.29, 0.717) is 5.92 Å². The van der Waals surface area contributed by atoms with Crippen molar-refractivity contribution in [3.05, 3.63) is 23.8 Å². The zero-order valence-electron chi connectivity index (χ0n) is 11.3. The zero-order chi connectivity index (χ0) is 12.5. The topological polar surface area (TPSA) is 21.3 Å². The van der Waals surface area contributed by atoms with E-state index < -0.39 is 0 Å². The van der Waals surface area contributed by atoms with Crippen LogP contribution in [0.1, 0.15) is 52.0 Å². The first-order chi connectivity index (χ1) is 8.03. The Bertz CT molecular complexity index is 398. The molecular weight excluding hydrogens is 210 g/mol. The van der Waals surface area contributed by atoms with Crippen LogP contribution in [0.5, 0.6) is 5.75 Å². The van der Waals surface area contributed by atoms with Crippen molar-refractivity contribution in [1.82, 2.24) is 0 Å². The highest BCUT2D eigenvalue weighted by molar-refractivity contribution is 5.61. The molecule has 1 heterocycles. The van der Waals surface area contributed by atoms with Crippen molar-refractivity contribution >= 4 is 5.69 Å². The fourth-order valence-electron chi connectivity index (χ4n) is 2.24. The number of hydrogen-bond donors (Lipinski definition) is 1. The summed E-state index contributed by atoms with van der Waals surface area (Å²) in [6.07, 6.45) is 2.17. The van der Waals surface area contributed by atoms with Gasteiger partial charge in [-0.05, 0) is 37.8 Å². The third-order valence-electron chi connectivity index (χ3n) is 3.61. The van der Waals surface area contributed by atoms with Crippen LogP contribution in [0.25, 0.3) is 0 Å². The highest BCUT2D eigenvalue weighted by atomic mass is 16.5. The van der Waals surface area contributed by atoms with Gasteiger partial charge in [-0.25, -0.2) is 0 Å². The van der Waals surface area contributed by atoms with Crippen LogP contribution in [0.4, 0.5) is 5.69 Å². The molecule has 1 unspecified atom stereocenters. The fourth-order valence-corrected chi connectivity index (χ4v) is 2.24. The van der Waals surface area contributed by atoms with Crippen LogP contribution >= 0.6 is 0 Å². The van der Waals surface area contributed by atoms with Crippen LogP contribution in [-0.2, 0) is 0 Å². The molecule has 1 aromatic rings. The summed E-state index contributed by atoms with van der Waals surface area (Å²) in [4.78, 5) is 0. The van der Waals surface area contributed by atoms with Crippen LogP contribution in [0.3, 0.4) is 0 Å². The van der Waals surface area contributed by atoms with Gasteiger partial charge in [-0.1, -0.05) is 26.0 Å². The second-order valence-corrected chi connectivity index (χ2v) is 5.57. The normalized spacial score (nSPS) is 19.5. The zero-order valence-corrected chi connectivity index (χ0v) is 11.3. The summed E-state index contributed by atoms with van der Waals surface area (Å²) in [5, 5.41) is 3.48. The number of hydrogen-bond acceptors (Lipinski definition) is 2. The van der Waals surface area contributed by atoms with Crippen molar-refractivity contribution < 1.29 is 4.74 Å². The minimum Gasteiger partial charge on any atom is -0.485 e. The molecule has 0 amide bonds. The Labute approximate surface area is 104 Å². The van der Waals surface area contributed by atoms with Gasteiger partial charge >= 0.3 is 0 Å². The molecule has 2 heteroatoms. The van der Waals surface area contributed by atoms with Gasteiger partial charge < -0.3 is 10.1 Å². The van der Waals surface area contributed by atoms with E-state index in [1.165, 1.54) is 5.56 Å². The third-order valence-corrected chi connectivity index (χ3v) is 3.61. The summed E-state index contributed by atoms with van der Waals surface area (Å²) in [6.45, 7) is 9.79. The van der Waals surface area contributed by atoms with Gasteiger partial charge in [0.25, 0.3) is 0 Å². The van der Waals surface area contributed by atoms with Gasteiger partial charge in [0, 0.05) is 13.0 Å². The number of ether oxygens (including phenoxy) is 1. The van der Waals surface area contributed by atoms with E-state index in [1.54, 1.807) is 0 Å². The van der Waals surface area contributed by atoms with Crippen molar-refractivity contribution in [3.63, 3.8) is 0 Å². The van der Waals surface area contributed by atoms with Crippen LogP contribution in [0.2, 0.25) is 0 Å². The Balaban J connectivity index is 2.44. The highest BCUT2D eigenvalue weighted by Crippen LogP contribution is 2.39. The molecule has 17 heavy (non-hydrogen) atoms. The van der Waals surface area contributed by atoms with Crippen LogP contribution in [0.15, 0.2) is 18.2 Å². The Morgan fingerprint density at radius 1 is 1.41 bits per heavy atom. The van der Waals surface area contributed by atoms with Gasteiger partial charge in [0.05, 0.1) is 5.69 Å². The summed E-state index contributed by atoms with van der Waals surface area (Å²) in [5.41, 5.74) is 2.39. The van der Waals surface area contributed by atoms with Gasteiger partial charge in [0.15, 0.2) is 0 Å². The summed E-state index contributed by atoms with van der Waals surface area (Å²) < 4.78 is 6.24. The molecule has 1 atom stereocenters. The van der Waals surface area contributed by atoms with E-state index in [2.05, 4.69) is 51.2 Å². The smallest absolute Gasteiger partial charge is 0.146 e. The van der Waals surface area contributed by atoms with Gasteiger partial charge in [-0.15, -0.1) is 0 Å². The average molecular weight is 233 g/mol. The van der Waals surface area contributed by atoms with Crippen LogP contribution < -0.4 is 10.1 Å². The molecule has 0 aromatic heterocycles. The predicted molar refractivity (Wildman–Crippen MR) is 73.0 cm³/mol. The maximum atomic E-state index is 6.24. The van der Waals surface area contributed by atoms with E-state index in [1.807, 2.05) is 0 Å². The molecule has 1 aliphatic heterocycles. The van der Waals surface area contributed by atoms with E-state index >= 15 is 0 Å². The SMILES string of the molecule is CCC(C)c1cccc2c1OC(C)(C)CCN2. The van der Waals surface area contributed by atoms with Crippen molar-refractivity contribution in [2.45, 2.75) is 52.1 Å². The van der Waals surface area contributed by atoms with Crippen LogP contribution in [-0.4, -0.2) is 12.1 Å². The molecule has 0 spiro atoms. The third kappa shape index (κ3) is 2.56. The largest absolute Gasteiger partial charge is 0.485 e. The Morgan fingerprint density at radius 2 is 2.18 bits per heavy atom. The number of benzene rings is 1. The minimum atomic E-state index is -0.0815. The Kier molecular flexibility index (Phi) is 3.32. The molecule has 0 radical (unpaired) electrons. The number of nitrogens with one attached hydrogen (secondary N) is 1. The minimum absolute atomic E-state index is 0.0815. The van der Waals surface area contributed by atoms with E-state index in [-0.39, 0.29) is 5.60 Å². The molecular formula is C15H23NO. The van der Waals surface area contributed by atoms with Gasteiger partial charge in [-0.3, -0.25) is 0 Å². The molecule has 0 saturated heterocycles. The molecule has 1 aromatic carbocycles.